The minimum atomic E-state index is -0.652. The third kappa shape index (κ3) is 5.41. The summed E-state index contributed by atoms with van der Waals surface area (Å²) in [5.41, 5.74) is 0.0359. The third-order valence-corrected chi connectivity index (χ3v) is 3.38. The van der Waals surface area contributed by atoms with E-state index in [0.717, 1.165) is 0 Å². The van der Waals surface area contributed by atoms with Crippen molar-refractivity contribution in [3.63, 3.8) is 0 Å². The number of ether oxygens (including phenoxy) is 3. The van der Waals surface area contributed by atoms with E-state index < -0.39 is 17.9 Å². The summed E-state index contributed by atoms with van der Waals surface area (Å²) in [6.07, 6.45) is 0. The number of halogens is 2. The highest BCUT2D eigenvalue weighted by molar-refractivity contribution is 14.1. The first-order valence-corrected chi connectivity index (χ1v) is 8.92. The molecule has 0 amide bonds. The Kier molecular flexibility index (Phi) is 7.93. The molecular formula is C13H12I2O6. The molecule has 114 valence electrons. The number of esters is 3. The van der Waals surface area contributed by atoms with E-state index in [2.05, 4.69) is 0 Å². The highest BCUT2D eigenvalue weighted by Gasteiger charge is 2.22. The molecule has 0 saturated carbocycles. The van der Waals surface area contributed by atoms with Crippen molar-refractivity contribution in [3.05, 3.63) is 23.8 Å². The lowest BCUT2D eigenvalue weighted by molar-refractivity contribution is -0.133. The quantitative estimate of drug-likeness (QED) is 0.250. The van der Waals surface area contributed by atoms with Gasteiger partial charge in [0.25, 0.3) is 0 Å². The molecule has 0 radical (unpaired) electrons. The summed E-state index contributed by atoms with van der Waals surface area (Å²) >= 11 is 3.68. The molecule has 6 nitrogen and oxygen atoms in total. The second kappa shape index (κ2) is 9.18. The van der Waals surface area contributed by atoms with Gasteiger partial charge in [-0.05, 0) is 19.1 Å². The maximum absolute atomic E-state index is 11.9. The Morgan fingerprint density at radius 3 is 2.24 bits per heavy atom. The normalized spacial score (nSPS) is 9.86. The Morgan fingerprint density at radius 1 is 1.05 bits per heavy atom. The maximum Gasteiger partial charge on any atom is 0.342 e. The molecule has 21 heavy (non-hydrogen) atoms. The number of para-hydroxylation sites is 1. The highest BCUT2D eigenvalue weighted by Crippen LogP contribution is 2.32. The van der Waals surface area contributed by atoms with Gasteiger partial charge in [0.05, 0.1) is 15.5 Å². The number of hydrogen-bond donors (Lipinski definition) is 0. The smallest absolute Gasteiger partial charge is 0.342 e. The molecule has 0 spiro atoms. The summed E-state index contributed by atoms with van der Waals surface area (Å²) in [4.78, 5) is 34.8. The summed E-state index contributed by atoms with van der Waals surface area (Å²) in [5, 5.41) is 0. The first-order chi connectivity index (χ1) is 10.0. The van der Waals surface area contributed by atoms with Gasteiger partial charge in [0.15, 0.2) is 11.5 Å². The molecule has 0 atom stereocenters. The van der Waals surface area contributed by atoms with Crippen molar-refractivity contribution in [1.29, 1.82) is 0 Å². The summed E-state index contributed by atoms with van der Waals surface area (Å²) in [5.74, 6) is -1.81. The van der Waals surface area contributed by atoms with Crippen LogP contribution in [0.1, 0.15) is 17.3 Å². The van der Waals surface area contributed by atoms with E-state index in [9.17, 15) is 14.4 Å². The van der Waals surface area contributed by atoms with Crippen molar-refractivity contribution < 1.29 is 28.6 Å². The van der Waals surface area contributed by atoms with Crippen LogP contribution in [-0.4, -0.2) is 33.4 Å². The molecule has 0 aliphatic heterocycles. The number of hydrogen-bond acceptors (Lipinski definition) is 6. The number of rotatable bonds is 6. The molecule has 0 bridgehead atoms. The van der Waals surface area contributed by atoms with Crippen LogP contribution >= 0.6 is 45.2 Å². The van der Waals surface area contributed by atoms with E-state index in [-0.39, 0.29) is 32.5 Å². The summed E-state index contributed by atoms with van der Waals surface area (Å²) in [6, 6.07) is 4.40. The average molecular weight is 518 g/mol. The van der Waals surface area contributed by atoms with Gasteiger partial charge in [-0.25, -0.2) is 4.79 Å². The molecule has 0 fully saturated rings. The molecule has 1 rings (SSSR count). The van der Waals surface area contributed by atoms with Gasteiger partial charge >= 0.3 is 17.9 Å². The van der Waals surface area contributed by atoms with Crippen LogP contribution in [-0.2, 0) is 14.3 Å². The zero-order chi connectivity index (χ0) is 15.8. The third-order valence-electron chi connectivity index (χ3n) is 2.13. The highest BCUT2D eigenvalue weighted by atomic mass is 127. The van der Waals surface area contributed by atoms with Crippen molar-refractivity contribution in [2.75, 3.05) is 15.5 Å². The van der Waals surface area contributed by atoms with E-state index in [1.807, 2.05) is 45.2 Å². The van der Waals surface area contributed by atoms with Gasteiger partial charge in [-0.2, -0.15) is 0 Å². The maximum atomic E-state index is 11.9. The van der Waals surface area contributed by atoms with E-state index in [4.69, 9.17) is 14.2 Å². The van der Waals surface area contributed by atoms with Gasteiger partial charge in [0, 0.05) is 0 Å². The summed E-state index contributed by atoms with van der Waals surface area (Å²) < 4.78 is 15.3. The molecule has 0 heterocycles. The van der Waals surface area contributed by atoms with Crippen LogP contribution in [0.15, 0.2) is 18.2 Å². The molecule has 0 saturated heterocycles. The second-order valence-corrected chi connectivity index (χ2v) is 5.09. The molecule has 0 aliphatic carbocycles. The summed E-state index contributed by atoms with van der Waals surface area (Å²) in [6.45, 7) is 1.84. The Hall–Kier alpha value is -0.910. The summed E-state index contributed by atoms with van der Waals surface area (Å²) in [7, 11) is 0. The van der Waals surface area contributed by atoms with Gasteiger partial charge in [0.1, 0.15) is 5.56 Å². The van der Waals surface area contributed by atoms with Gasteiger partial charge in [0.2, 0.25) is 0 Å². The lowest BCUT2D eigenvalue weighted by Crippen LogP contribution is -2.16. The second-order valence-electron chi connectivity index (χ2n) is 3.57. The molecule has 0 aromatic heterocycles. The molecule has 8 heteroatoms. The first kappa shape index (κ1) is 18.1. The molecule has 0 N–H and O–H groups in total. The molecule has 0 aliphatic rings. The molecule has 0 unspecified atom stereocenters. The standard InChI is InChI=1S/C13H12I2O6/c1-2-19-13(18)8-4-3-5-9(20-10(16)6-14)12(8)21-11(17)7-15/h3-5H,2,6-7H2,1H3. The van der Waals surface area contributed by atoms with Crippen molar-refractivity contribution in [3.8, 4) is 11.5 Å². The van der Waals surface area contributed by atoms with Gasteiger partial charge in [-0.1, -0.05) is 51.2 Å². The first-order valence-electron chi connectivity index (χ1n) is 5.86. The van der Waals surface area contributed by atoms with Crippen LogP contribution < -0.4 is 9.47 Å². The molecule has 1 aromatic carbocycles. The van der Waals surface area contributed by atoms with Crippen LogP contribution in [0.5, 0.6) is 11.5 Å². The number of benzene rings is 1. The fourth-order valence-corrected chi connectivity index (χ4v) is 1.67. The predicted octanol–water partition coefficient (Wildman–Crippen LogP) is 2.54. The Balaban J connectivity index is 3.22. The Labute approximate surface area is 148 Å². The predicted molar refractivity (Wildman–Crippen MR) is 91.4 cm³/mol. The van der Waals surface area contributed by atoms with E-state index in [0.29, 0.717) is 0 Å². The van der Waals surface area contributed by atoms with Gasteiger partial charge in [-0.15, -0.1) is 0 Å². The monoisotopic (exact) mass is 518 g/mol. The van der Waals surface area contributed by atoms with Crippen molar-refractivity contribution in [2.45, 2.75) is 6.92 Å². The van der Waals surface area contributed by atoms with Crippen LogP contribution in [0.25, 0.3) is 0 Å². The topological polar surface area (TPSA) is 78.9 Å². The fourth-order valence-electron chi connectivity index (χ4n) is 1.36. The lowest BCUT2D eigenvalue weighted by atomic mass is 10.2. The minimum Gasteiger partial charge on any atom is -0.462 e. The molecule has 1 aromatic rings. The fraction of sp³-hybridized carbons (Fsp3) is 0.308. The Morgan fingerprint density at radius 2 is 1.67 bits per heavy atom. The van der Waals surface area contributed by atoms with Crippen molar-refractivity contribution in [1.82, 2.24) is 0 Å². The van der Waals surface area contributed by atoms with Crippen molar-refractivity contribution in [2.24, 2.45) is 0 Å². The van der Waals surface area contributed by atoms with E-state index in [1.165, 1.54) is 18.2 Å². The number of alkyl halides is 2. The lowest BCUT2D eigenvalue weighted by Gasteiger charge is -2.13. The van der Waals surface area contributed by atoms with E-state index in [1.54, 1.807) is 6.92 Å². The van der Waals surface area contributed by atoms with Crippen LogP contribution in [0.2, 0.25) is 0 Å². The SMILES string of the molecule is CCOC(=O)c1cccc(OC(=O)CI)c1OC(=O)CI. The van der Waals surface area contributed by atoms with Crippen molar-refractivity contribution >= 4 is 63.1 Å². The number of carbonyl (C=O) groups excluding carboxylic acids is 3. The van der Waals surface area contributed by atoms with E-state index >= 15 is 0 Å². The average Bonchev–Trinajstić information content (AvgIpc) is 2.48. The van der Waals surface area contributed by atoms with Crippen LogP contribution in [0.3, 0.4) is 0 Å². The van der Waals surface area contributed by atoms with Gasteiger partial charge in [-0.3, -0.25) is 9.59 Å². The van der Waals surface area contributed by atoms with Gasteiger partial charge < -0.3 is 14.2 Å². The van der Waals surface area contributed by atoms with Crippen LogP contribution in [0, 0.1) is 0 Å². The zero-order valence-corrected chi connectivity index (χ0v) is 15.4. The molecular weight excluding hydrogens is 506 g/mol. The largest absolute Gasteiger partial charge is 0.462 e. The van der Waals surface area contributed by atoms with Crippen LogP contribution in [0.4, 0.5) is 0 Å². The minimum absolute atomic E-state index is 0.0143. The zero-order valence-electron chi connectivity index (χ0n) is 11.1. The number of carbonyl (C=O) groups is 3. The Bertz CT molecular complexity index is 543.